The van der Waals surface area contributed by atoms with Gasteiger partial charge in [-0.1, -0.05) is 35.4 Å². The minimum atomic E-state index is -0.417. The molecule has 0 unspecified atom stereocenters. The summed E-state index contributed by atoms with van der Waals surface area (Å²) in [7, 11) is 0. The maximum atomic E-state index is 12.1. The maximum Gasteiger partial charge on any atom is 0.300 e. The fourth-order valence-electron chi connectivity index (χ4n) is 2.55. The summed E-state index contributed by atoms with van der Waals surface area (Å²) in [5.74, 6) is 1.24. The van der Waals surface area contributed by atoms with Crippen LogP contribution in [0.4, 0.5) is 5.69 Å². The third-order valence-corrected chi connectivity index (χ3v) is 6.56. The second kappa shape index (κ2) is 10.3. The Labute approximate surface area is 183 Å². The van der Waals surface area contributed by atoms with E-state index in [0.717, 1.165) is 22.9 Å². The summed E-state index contributed by atoms with van der Waals surface area (Å²) in [5.41, 5.74) is 2.72. The van der Waals surface area contributed by atoms with Crippen molar-refractivity contribution >= 4 is 34.6 Å². The van der Waals surface area contributed by atoms with E-state index in [1.807, 2.05) is 50.2 Å². The van der Waals surface area contributed by atoms with Crippen molar-refractivity contribution < 1.29 is 19.2 Å². The molecule has 8 heteroatoms. The standard InChI is InChI=1S/C22H21NO5S2/c1-15-3-7-19(8-4-15)27-11-17-13-29-22(21(17)23(25)26)30-14-18(24)12-28-20-9-5-16(2)6-10-20/h3-10,13H,11-12,14H2,1-2H3. The molecule has 0 spiro atoms. The molecule has 3 aromatic rings. The van der Waals surface area contributed by atoms with Gasteiger partial charge in [-0.15, -0.1) is 23.1 Å². The van der Waals surface area contributed by atoms with E-state index in [1.54, 1.807) is 17.5 Å². The Morgan fingerprint density at radius 1 is 1.00 bits per heavy atom. The van der Waals surface area contributed by atoms with E-state index >= 15 is 0 Å². The number of aryl methyl sites for hydroxylation is 2. The van der Waals surface area contributed by atoms with E-state index in [1.165, 1.54) is 11.3 Å². The lowest BCUT2D eigenvalue weighted by Crippen LogP contribution is -2.13. The van der Waals surface area contributed by atoms with Crippen LogP contribution in [-0.4, -0.2) is 23.1 Å². The van der Waals surface area contributed by atoms with Gasteiger partial charge in [-0.05, 0) is 38.1 Å². The molecule has 0 amide bonds. The van der Waals surface area contributed by atoms with E-state index in [0.29, 0.717) is 21.3 Å². The summed E-state index contributed by atoms with van der Waals surface area (Å²) < 4.78 is 11.6. The number of carbonyl (C=O) groups excluding carboxylic acids is 1. The monoisotopic (exact) mass is 443 g/mol. The topological polar surface area (TPSA) is 78.7 Å². The summed E-state index contributed by atoms with van der Waals surface area (Å²) >= 11 is 2.41. The first-order chi connectivity index (χ1) is 14.4. The summed E-state index contributed by atoms with van der Waals surface area (Å²) in [6.07, 6.45) is 0. The van der Waals surface area contributed by atoms with Crippen LogP contribution >= 0.6 is 23.1 Å². The normalized spacial score (nSPS) is 10.6. The average Bonchev–Trinajstić information content (AvgIpc) is 3.14. The summed E-state index contributed by atoms with van der Waals surface area (Å²) in [6, 6.07) is 14.9. The van der Waals surface area contributed by atoms with Crippen molar-refractivity contribution in [3.05, 3.63) is 80.7 Å². The molecule has 1 aromatic heterocycles. The highest BCUT2D eigenvalue weighted by atomic mass is 32.2. The molecule has 0 saturated carbocycles. The number of ether oxygens (including phenoxy) is 2. The summed E-state index contributed by atoms with van der Waals surface area (Å²) in [6.45, 7) is 3.98. The third-order valence-electron chi connectivity index (χ3n) is 4.19. The molecule has 0 aliphatic heterocycles. The van der Waals surface area contributed by atoms with Gasteiger partial charge < -0.3 is 9.47 Å². The number of nitrogens with zero attached hydrogens (tertiary/aromatic N) is 1. The van der Waals surface area contributed by atoms with Gasteiger partial charge in [0.15, 0.2) is 5.78 Å². The molecule has 0 fully saturated rings. The van der Waals surface area contributed by atoms with Crippen molar-refractivity contribution in [3.8, 4) is 11.5 Å². The highest BCUT2D eigenvalue weighted by molar-refractivity contribution is 8.01. The molecule has 30 heavy (non-hydrogen) atoms. The number of nitro groups is 1. The highest BCUT2D eigenvalue weighted by Gasteiger charge is 2.24. The van der Waals surface area contributed by atoms with Gasteiger partial charge in [0.1, 0.15) is 28.9 Å². The number of thioether (sulfide) groups is 1. The quantitative estimate of drug-likeness (QED) is 0.231. The number of thiophene rings is 1. The molecule has 0 aliphatic carbocycles. The number of hydrogen-bond donors (Lipinski definition) is 0. The lowest BCUT2D eigenvalue weighted by atomic mass is 10.2. The molecular formula is C22H21NO5S2. The molecule has 0 bridgehead atoms. The molecule has 0 atom stereocenters. The number of Topliss-reactive ketones (excluding diaryl/α,β-unsaturated/α-hetero) is 1. The van der Waals surface area contributed by atoms with Gasteiger partial charge in [0.2, 0.25) is 0 Å². The Bertz CT molecular complexity index is 1010. The number of hydrogen-bond acceptors (Lipinski definition) is 7. The van der Waals surface area contributed by atoms with Gasteiger partial charge in [0.25, 0.3) is 5.69 Å². The molecular weight excluding hydrogens is 422 g/mol. The lowest BCUT2D eigenvalue weighted by Gasteiger charge is -2.06. The number of benzene rings is 2. The van der Waals surface area contributed by atoms with Gasteiger partial charge in [-0.3, -0.25) is 14.9 Å². The fourth-order valence-corrected chi connectivity index (χ4v) is 4.60. The van der Waals surface area contributed by atoms with Gasteiger partial charge in [-0.2, -0.15) is 0 Å². The zero-order valence-electron chi connectivity index (χ0n) is 16.6. The Balaban J connectivity index is 1.56. The van der Waals surface area contributed by atoms with Crippen molar-refractivity contribution in [2.75, 3.05) is 12.4 Å². The van der Waals surface area contributed by atoms with E-state index in [4.69, 9.17) is 9.47 Å². The predicted octanol–water partition coefficient (Wildman–Crippen LogP) is 5.59. The zero-order valence-corrected chi connectivity index (χ0v) is 18.3. The third kappa shape index (κ3) is 6.08. The Morgan fingerprint density at radius 2 is 1.57 bits per heavy atom. The first kappa shape index (κ1) is 21.9. The molecule has 2 aromatic carbocycles. The van der Waals surface area contributed by atoms with E-state index in [9.17, 15) is 14.9 Å². The molecule has 0 saturated heterocycles. The van der Waals surface area contributed by atoms with Crippen LogP contribution in [0.3, 0.4) is 0 Å². The van der Waals surface area contributed by atoms with Gasteiger partial charge >= 0.3 is 0 Å². The minimum absolute atomic E-state index is 0.00404. The van der Waals surface area contributed by atoms with Crippen LogP contribution in [0.2, 0.25) is 0 Å². The van der Waals surface area contributed by atoms with Crippen molar-refractivity contribution in [3.63, 3.8) is 0 Å². The highest BCUT2D eigenvalue weighted by Crippen LogP contribution is 2.39. The van der Waals surface area contributed by atoms with Gasteiger partial charge in [-0.25, -0.2) is 0 Å². The lowest BCUT2D eigenvalue weighted by molar-refractivity contribution is -0.388. The van der Waals surface area contributed by atoms with Crippen LogP contribution in [-0.2, 0) is 11.4 Å². The van der Waals surface area contributed by atoms with Crippen LogP contribution in [0.25, 0.3) is 0 Å². The Morgan fingerprint density at radius 3 is 2.13 bits per heavy atom. The van der Waals surface area contributed by atoms with Crippen molar-refractivity contribution in [2.45, 2.75) is 24.7 Å². The Hall–Kier alpha value is -2.84. The van der Waals surface area contributed by atoms with Crippen molar-refractivity contribution in [2.24, 2.45) is 0 Å². The van der Waals surface area contributed by atoms with E-state index in [-0.39, 0.29) is 30.4 Å². The summed E-state index contributed by atoms with van der Waals surface area (Å²) in [5, 5.41) is 13.3. The van der Waals surface area contributed by atoms with E-state index < -0.39 is 4.92 Å². The van der Waals surface area contributed by atoms with Gasteiger partial charge in [0.05, 0.1) is 16.2 Å². The predicted molar refractivity (Wildman–Crippen MR) is 119 cm³/mol. The molecule has 0 N–H and O–H groups in total. The molecule has 6 nitrogen and oxygen atoms in total. The van der Waals surface area contributed by atoms with Crippen LogP contribution in [0.5, 0.6) is 11.5 Å². The number of carbonyl (C=O) groups is 1. The van der Waals surface area contributed by atoms with Gasteiger partial charge in [0, 0.05) is 5.38 Å². The van der Waals surface area contributed by atoms with Crippen LogP contribution in [0.1, 0.15) is 16.7 Å². The molecule has 0 aliphatic rings. The minimum Gasteiger partial charge on any atom is -0.489 e. The molecule has 156 valence electrons. The maximum absolute atomic E-state index is 12.1. The second-order valence-corrected chi connectivity index (χ2v) is 8.81. The van der Waals surface area contributed by atoms with Crippen LogP contribution < -0.4 is 9.47 Å². The summed E-state index contributed by atoms with van der Waals surface area (Å²) in [4.78, 5) is 23.3. The van der Waals surface area contributed by atoms with Crippen LogP contribution in [0.15, 0.2) is 58.1 Å². The second-order valence-electron chi connectivity index (χ2n) is 6.68. The van der Waals surface area contributed by atoms with E-state index in [2.05, 4.69) is 0 Å². The molecule has 0 radical (unpaired) electrons. The fraction of sp³-hybridized carbons (Fsp3) is 0.227. The Kier molecular flexibility index (Phi) is 7.48. The average molecular weight is 444 g/mol. The number of rotatable bonds is 10. The smallest absolute Gasteiger partial charge is 0.300 e. The first-order valence-corrected chi connectivity index (χ1v) is 11.1. The molecule has 3 rings (SSSR count). The first-order valence-electron chi connectivity index (χ1n) is 9.20. The number of ketones is 1. The molecule has 1 heterocycles. The largest absolute Gasteiger partial charge is 0.489 e. The van der Waals surface area contributed by atoms with Crippen molar-refractivity contribution in [1.82, 2.24) is 0 Å². The zero-order chi connectivity index (χ0) is 21.5. The van der Waals surface area contributed by atoms with Crippen molar-refractivity contribution in [1.29, 1.82) is 0 Å². The SMILES string of the molecule is Cc1ccc(OCC(=O)CSc2scc(COc3ccc(C)cc3)c2[N+](=O)[O-])cc1. The van der Waals surface area contributed by atoms with Crippen LogP contribution in [0, 0.1) is 24.0 Å².